The first-order valence-electron chi connectivity index (χ1n) is 27.2. The van der Waals surface area contributed by atoms with Crippen LogP contribution in [0, 0.1) is 11.8 Å². The Morgan fingerprint density at radius 1 is 0.595 bits per heavy atom. The van der Waals surface area contributed by atoms with Crippen LogP contribution in [0.4, 0.5) is 5.69 Å². The number of nitrogens with one attached hydrogen (secondary N) is 3. The zero-order valence-corrected chi connectivity index (χ0v) is 41.8. The highest BCUT2D eigenvalue weighted by molar-refractivity contribution is 6.13. The minimum Gasteiger partial charge on any atom is -0.360 e. The van der Waals surface area contributed by atoms with Crippen molar-refractivity contribution in [3.63, 3.8) is 0 Å². The van der Waals surface area contributed by atoms with E-state index in [1.54, 1.807) is 0 Å². The lowest BCUT2D eigenvalue weighted by molar-refractivity contribution is 0.271. The van der Waals surface area contributed by atoms with E-state index in [0.29, 0.717) is 17.8 Å². The Balaban J connectivity index is 0.748. The minimum atomic E-state index is -0.156. The van der Waals surface area contributed by atoms with Crippen LogP contribution in [0.3, 0.4) is 0 Å². The predicted octanol–water partition coefficient (Wildman–Crippen LogP) is 13.1. The summed E-state index contributed by atoms with van der Waals surface area (Å²) in [6, 6.07) is 60.7. The summed E-state index contributed by atoms with van der Waals surface area (Å²) in [5.41, 5.74) is 16.4. The van der Waals surface area contributed by atoms with Gasteiger partial charge in [-0.15, -0.1) is 0 Å². The number of allylic oxidation sites excluding steroid dienone is 7. The summed E-state index contributed by atoms with van der Waals surface area (Å²) < 4.78 is 2.51. The molecule has 1 fully saturated rings. The van der Waals surface area contributed by atoms with E-state index in [9.17, 15) is 0 Å². The molecule has 0 radical (unpaired) electrons. The first kappa shape index (κ1) is 44.9. The summed E-state index contributed by atoms with van der Waals surface area (Å²) in [5.74, 6) is 1.25. The highest BCUT2D eigenvalue weighted by Crippen LogP contribution is 2.51. The van der Waals surface area contributed by atoms with Crippen molar-refractivity contribution in [2.45, 2.75) is 81.3 Å². The van der Waals surface area contributed by atoms with E-state index in [-0.39, 0.29) is 30.5 Å². The highest BCUT2D eigenvalue weighted by Gasteiger charge is 2.43. The molecule has 8 unspecified atom stereocenters. The second kappa shape index (κ2) is 19.3. The second-order valence-electron chi connectivity index (χ2n) is 21.3. The highest BCUT2D eigenvalue weighted by atomic mass is 15.2. The van der Waals surface area contributed by atoms with Crippen LogP contribution in [0.2, 0.25) is 0 Å². The number of hydrogen-bond donors (Lipinski definition) is 3. The number of aliphatic imine (C=N–C) groups is 1. The van der Waals surface area contributed by atoms with Gasteiger partial charge in [0.25, 0.3) is 0 Å². The van der Waals surface area contributed by atoms with Crippen LogP contribution in [0.15, 0.2) is 234 Å². The molecule has 4 aliphatic carbocycles. The second-order valence-corrected chi connectivity index (χ2v) is 21.3. The van der Waals surface area contributed by atoms with Crippen molar-refractivity contribution >= 4 is 40.2 Å². The Morgan fingerprint density at radius 3 is 2.12 bits per heavy atom. The Labute approximate surface area is 435 Å². The Morgan fingerprint density at radius 2 is 1.32 bits per heavy atom. The molecule has 1 saturated heterocycles. The minimum absolute atomic E-state index is 0.0993. The van der Waals surface area contributed by atoms with Gasteiger partial charge in [0.05, 0.1) is 23.4 Å². The third kappa shape index (κ3) is 8.27. The average Bonchev–Trinajstić information content (AvgIpc) is 4.00. The maximum Gasteiger partial charge on any atom is 0.145 e. The lowest BCUT2D eigenvalue weighted by atomic mass is 9.74. The van der Waals surface area contributed by atoms with Crippen LogP contribution in [-0.4, -0.2) is 22.5 Å². The molecule has 6 aromatic carbocycles. The van der Waals surface area contributed by atoms with Crippen molar-refractivity contribution in [3.05, 3.63) is 268 Å². The van der Waals surface area contributed by atoms with Crippen LogP contribution in [0.5, 0.6) is 0 Å². The quantitative estimate of drug-likeness (QED) is 0.126. The van der Waals surface area contributed by atoms with Crippen LogP contribution in [-0.2, 0) is 0 Å². The summed E-state index contributed by atoms with van der Waals surface area (Å²) >= 11 is 0. The number of hydrogen-bond acceptors (Lipinski definition) is 5. The maximum absolute atomic E-state index is 5.39. The molecule has 364 valence electrons. The van der Waals surface area contributed by atoms with E-state index in [2.05, 4.69) is 250 Å². The molecular weight excluding hydrogens is 901 g/mol. The lowest BCUT2D eigenvalue weighted by Crippen LogP contribution is -2.52. The largest absolute Gasteiger partial charge is 0.360 e. The van der Waals surface area contributed by atoms with Crippen LogP contribution in [0.1, 0.15) is 96.9 Å². The van der Waals surface area contributed by atoms with Gasteiger partial charge in [-0.3, -0.25) is 15.6 Å². The van der Waals surface area contributed by atoms with Gasteiger partial charge < -0.3 is 14.8 Å². The van der Waals surface area contributed by atoms with Crippen molar-refractivity contribution in [2.24, 2.45) is 16.8 Å². The Bertz CT molecular complexity index is 3610. The first-order valence-corrected chi connectivity index (χ1v) is 27.2. The van der Waals surface area contributed by atoms with Gasteiger partial charge >= 0.3 is 0 Å². The summed E-state index contributed by atoms with van der Waals surface area (Å²) in [7, 11) is 0. The third-order valence-corrected chi connectivity index (χ3v) is 16.9. The lowest BCUT2D eigenvalue weighted by Gasteiger charge is -2.39. The number of rotatable bonds is 9. The molecule has 0 spiro atoms. The molecule has 3 N–H and O–H groups in total. The molecule has 0 bridgehead atoms. The van der Waals surface area contributed by atoms with Crippen molar-refractivity contribution in [1.82, 2.24) is 20.5 Å². The van der Waals surface area contributed by atoms with Crippen LogP contribution < -0.4 is 31.4 Å². The van der Waals surface area contributed by atoms with Crippen molar-refractivity contribution in [3.8, 4) is 5.69 Å². The zero-order valence-electron chi connectivity index (χ0n) is 41.8. The Hall–Kier alpha value is -7.77. The van der Waals surface area contributed by atoms with Gasteiger partial charge in [0.15, 0.2) is 0 Å². The van der Waals surface area contributed by atoms with Gasteiger partial charge in [-0.05, 0) is 132 Å². The summed E-state index contributed by atoms with van der Waals surface area (Å²) in [6.45, 7) is 0. The van der Waals surface area contributed by atoms with E-state index in [1.807, 2.05) is 0 Å². The molecule has 6 nitrogen and oxygen atoms in total. The van der Waals surface area contributed by atoms with Gasteiger partial charge in [0.1, 0.15) is 6.17 Å². The summed E-state index contributed by atoms with van der Waals surface area (Å²) in [4.78, 5) is 8.03. The van der Waals surface area contributed by atoms with Crippen LogP contribution >= 0.6 is 0 Å². The van der Waals surface area contributed by atoms with Crippen molar-refractivity contribution < 1.29 is 0 Å². The van der Waals surface area contributed by atoms with Gasteiger partial charge in [0.2, 0.25) is 0 Å². The molecule has 8 atom stereocenters. The van der Waals surface area contributed by atoms with E-state index < -0.39 is 0 Å². The molecule has 74 heavy (non-hydrogen) atoms. The van der Waals surface area contributed by atoms with Crippen LogP contribution in [0.25, 0.3) is 34.4 Å². The molecule has 7 aliphatic rings. The monoisotopic (exact) mass is 963 g/mol. The molecule has 14 rings (SSSR count). The fourth-order valence-corrected chi connectivity index (χ4v) is 13.3. The number of fused-ring (bicyclic) bond motifs is 6. The molecule has 0 saturated carbocycles. The van der Waals surface area contributed by atoms with E-state index in [1.165, 1.54) is 77.5 Å². The zero-order chi connectivity index (χ0) is 49.0. The smallest absolute Gasteiger partial charge is 0.145 e. The number of anilines is 1. The number of nitrogens with zero attached hydrogens (tertiary/aromatic N) is 3. The first-order chi connectivity index (χ1) is 36.7. The molecule has 7 aromatic rings. The SMILES string of the molecule is C1=CC(C2NC(c3ccccc3)CC(c3ccc(-n4c5c(c6ccccc64)=CC(C4C=CC6C(C4)c4ccccc4N6C4=CCCC(C6=NC(c7ccccc7)NC(c7ccccc7)=C6)=C4)CC=5)cc3)N2)=CCC1. The molecule has 3 aliphatic heterocycles. The fourth-order valence-electron chi connectivity index (χ4n) is 13.3. The molecular formula is C68H62N6. The van der Waals surface area contributed by atoms with Gasteiger partial charge in [0, 0.05) is 56.7 Å². The average molecular weight is 963 g/mol. The topological polar surface area (TPSA) is 56.6 Å². The summed E-state index contributed by atoms with van der Waals surface area (Å²) in [6.07, 6.45) is 31.7. The maximum atomic E-state index is 5.39. The predicted molar refractivity (Wildman–Crippen MR) is 305 cm³/mol. The Kier molecular flexibility index (Phi) is 11.7. The third-order valence-electron chi connectivity index (χ3n) is 16.9. The van der Waals surface area contributed by atoms with E-state index in [0.717, 1.165) is 56.4 Å². The van der Waals surface area contributed by atoms with E-state index >= 15 is 0 Å². The van der Waals surface area contributed by atoms with E-state index in [4.69, 9.17) is 4.99 Å². The van der Waals surface area contributed by atoms with Gasteiger partial charge in [-0.25, -0.2) is 0 Å². The van der Waals surface area contributed by atoms with Crippen molar-refractivity contribution in [1.29, 1.82) is 0 Å². The number of para-hydroxylation sites is 2. The van der Waals surface area contributed by atoms with Gasteiger partial charge in [-0.1, -0.05) is 188 Å². The molecule has 4 heterocycles. The number of aromatic nitrogens is 1. The molecule has 0 amide bonds. The summed E-state index contributed by atoms with van der Waals surface area (Å²) in [5, 5.41) is 15.7. The molecule has 6 heteroatoms. The standard InChI is InChI=1S/C68H62N6/c1-5-18-45(19-6-1)59-43-61(71-67(69-59)48-22-9-3-10-23-48)47-32-36-53(37-33-47)73-63-30-15-13-28-55(63)57-41-50(34-38-65(57)73)51-35-39-66-58(42-51)56-29-14-16-31-64(56)74(66)54-27-17-26-52(40-54)62-44-60(46-20-7-2-8-21-46)70-68(72-62)49-24-11-4-12-25-49/h1-2,4-9,11-16,18-25,27-33,35-41,44,50-51,58-59,61,66-71H,3,10,17,26,34,42-43H2. The van der Waals surface area contributed by atoms with Gasteiger partial charge in [-0.2, -0.15) is 0 Å². The number of benzene rings is 6. The fraction of sp³-hybridized carbons (Fsp3) is 0.221. The molecule has 1 aromatic heterocycles. The van der Waals surface area contributed by atoms with Crippen molar-refractivity contribution in [2.75, 3.05) is 4.90 Å². The normalized spacial score (nSPS) is 25.9.